The second kappa shape index (κ2) is 16.6. The molecule has 0 spiro atoms. The van der Waals surface area contributed by atoms with Crippen molar-refractivity contribution < 1.29 is 24.9 Å². The van der Waals surface area contributed by atoms with Gasteiger partial charge in [-0.05, 0) is 90.3 Å². The van der Waals surface area contributed by atoms with Gasteiger partial charge in [-0.3, -0.25) is 4.79 Å². The lowest BCUT2D eigenvalue weighted by atomic mass is 9.92. The Morgan fingerprint density at radius 2 is 1.80 bits per heavy atom. The summed E-state index contributed by atoms with van der Waals surface area (Å²) in [5.41, 5.74) is -0.715. The van der Waals surface area contributed by atoms with Crippen LogP contribution in [0.25, 0.3) is 0 Å². The number of halogens is 1. The van der Waals surface area contributed by atoms with Crippen LogP contribution in [0.3, 0.4) is 0 Å². The molecular formula is C24H47ClN4O5S. The summed E-state index contributed by atoms with van der Waals surface area (Å²) in [6.07, 6.45) is 3.06. The van der Waals surface area contributed by atoms with Crippen LogP contribution in [0, 0.1) is 5.92 Å². The first-order valence-corrected chi connectivity index (χ1v) is 14.8. The van der Waals surface area contributed by atoms with Crippen LogP contribution >= 0.6 is 23.4 Å². The van der Waals surface area contributed by atoms with Gasteiger partial charge in [0.25, 0.3) is 0 Å². The maximum Gasteiger partial charge on any atom is 0.237 e. The fourth-order valence-corrected chi connectivity index (χ4v) is 5.75. The molecule has 0 aliphatic carbocycles. The number of carbonyl (C=O) groups is 1. The predicted molar refractivity (Wildman–Crippen MR) is 142 cm³/mol. The van der Waals surface area contributed by atoms with Gasteiger partial charge in [0.05, 0.1) is 17.5 Å². The van der Waals surface area contributed by atoms with Gasteiger partial charge in [0.1, 0.15) is 29.9 Å². The fraction of sp³-hybridized carbons (Fsp3) is 0.958. The zero-order chi connectivity index (χ0) is 25.8. The lowest BCUT2D eigenvalue weighted by Crippen LogP contribution is -2.65. The van der Waals surface area contributed by atoms with E-state index in [0.717, 1.165) is 71.2 Å². The van der Waals surface area contributed by atoms with Crippen molar-refractivity contribution in [1.29, 1.82) is 0 Å². The van der Waals surface area contributed by atoms with Crippen molar-refractivity contribution in [3.05, 3.63) is 0 Å². The molecule has 0 bridgehead atoms. The average molecular weight is 539 g/mol. The van der Waals surface area contributed by atoms with Crippen LogP contribution in [0.4, 0.5) is 0 Å². The molecule has 11 heteroatoms. The first kappa shape index (κ1) is 31.1. The summed E-state index contributed by atoms with van der Waals surface area (Å²) in [6.45, 7) is 8.75. The molecule has 2 rings (SSSR count). The largest absolute Gasteiger partial charge is 0.388 e. The summed E-state index contributed by atoms with van der Waals surface area (Å²) >= 11 is 7.62. The number of ether oxygens (including phenoxy) is 1. The second-order valence-electron chi connectivity index (χ2n) is 9.73. The van der Waals surface area contributed by atoms with Gasteiger partial charge in [-0.15, -0.1) is 23.4 Å². The molecule has 0 aromatic heterocycles. The molecule has 9 nitrogen and oxygen atoms in total. The van der Waals surface area contributed by atoms with Crippen LogP contribution in [-0.2, 0) is 9.53 Å². The quantitative estimate of drug-likeness (QED) is 0.124. The Kier molecular flexibility index (Phi) is 14.7. The van der Waals surface area contributed by atoms with E-state index in [9.17, 15) is 20.1 Å². The molecule has 7 N–H and O–H groups in total. The molecule has 206 valence electrons. The molecular weight excluding hydrogens is 492 g/mol. The Morgan fingerprint density at radius 1 is 1.09 bits per heavy atom. The van der Waals surface area contributed by atoms with Crippen molar-refractivity contribution in [2.45, 2.75) is 99.7 Å². The Morgan fingerprint density at radius 3 is 2.49 bits per heavy atom. The second-order valence-corrected chi connectivity index (χ2v) is 11.4. The van der Waals surface area contributed by atoms with E-state index in [-0.39, 0.29) is 11.9 Å². The van der Waals surface area contributed by atoms with Gasteiger partial charge >= 0.3 is 0 Å². The first-order valence-electron chi connectivity index (χ1n) is 13.1. The molecule has 0 radical (unpaired) electrons. The van der Waals surface area contributed by atoms with Crippen molar-refractivity contribution in [1.82, 2.24) is 21.3 Å². The smallest absolute Gasteiger partial charge is 0.237 e. The molecule has 2 heterocycles. The maximum atomic E-state index is 13.1. The van der Waals surface area contributed by atoms with Crippen LogP contribution in [0.5, 0.6) is 0 Å². The van der Waals surface area contributed by atoms with E-state index in [1.165, 1.54) is 11.8 Å². The number of hydrogen-bond acceptors (Lipinski definition) is 9. The Labute approximate surface area is 219 Å². The van der Waals surface area contributed by atoms with Crippen LogP contribution in [0.1, 0.15) is 52.4 Å². The van der Waals surface area contributed by atoms with Crippen LogP contribution in [-0.4, -0.2) is 108 Å². The molecule has 0 aromatic rings. The number of amides is 1. The summed E-state index contributed by atoms with van der Waals surface area (Å²) < 4.78 is 5.85. The number of nitrogens with one attached hydrogen (secondary N) is 4. The van der Waals surface area contributed by atoms with Gasteiger partial charge in [0.15, 0.2) is 0 Å². The van der Waals surface area contributed by atoms with Gasteiger partial charge in [-0.25, -0.2) is 0 Å². The number of aliphatic hydroxyl groups excluding tert-OH is 3. The summed E-state index contributed by atoms with van der Waals surface area (Å²) in [4.78, 5) is 13.1. The standard InChI is InChI=1S/C24H47ClN4O5S/c1-4-26-12-6-13-27-11-5-7-16-8-9-17(28-14-10-16)23(33)29-18(15(2)25)22-20(31)19(30)21(32)24(34-22)35-3/h15-22,24,26-28,30-32H,4-14H2,1-3H3,(H,29,33). The molecule has 2 saturated heterocycles. The van der Waals surface area contributed by atoms with Crippen molar-refractivity contribution in [2.24, 2.45) is 5.92 Å². The Bertz CT molecular complexity index is 606. The predicted octanol–water partition coefficient (Wildman–Crippen LogP) is 0.397. The van der Waals surface area contributed by atoms with E-state index in [1.54, 1.807) is 13.2 Å². The zero-order valence-corrected chi connectivity index (χ0v) is 23.0. The normalized spacial score (nSPS) is 33.6. The van der Waals surface area contributed by atoms with Crippen LogP contribution in [0.15, 0.2) is 0 Å². The van der Waals surface area contributed by atoms with E-state index in [2.05, 4.69) is 28.2 Å². The van der Waals surface area contributed by atoms with Gasteiger partial charge in [-0.2, -0.15) is 0 Å². The molecule has 2 fully saturated rings. The number of alkyl halides is 1. The third-order valence-electron chi connectivity index (χ3n) is 7.04. The average Bonchev–Trinajstić information content (AvgIpc) is 3.09. The lowest BCUT2D eigenvalue weighted by Gasteiger charge is -2.44. The maximum absolute atomic E-state index is 13.1. The number of thioether (sulfide) groups is 1. The van der Waals surface area contributed by atoms with Crippen LogP contribution in [0.2, 0.25) is 0 Å². The van der Waals surface area contributed by atoms with Crippen molar-refractivity contribution in [3.8, 4) is 0 Å². The minimum atomic E-state index is -1.37. The number of hydrogen-bond donors (Lipinski definition) is 7. The Hall–Kier alpha value is -0.170. The third-order valence-corrected chi connectivity index (χ3v) is 8.17. The third kappa shape index (κ3) is 9.90. The highest BCUT2D eigenvalue weighted by molar-refractivity contribution is 7.99. The SMILES string of the molecule is CCNCCCNCCCC1CCNC(C(=O)NC(C(C)Cl)C2OC(SC)C(O)C(O)C2O)CC1. The summed E-state index contributed by atoms with van der Waals surface area (Å²) in [6, 6.07) is -1.05. The minimum Gasteiger partial charge on any atom is -0.388 e. The lowest BCUT2D eigenvalue weighted by molar-refractivity contribution is -0.205. The first-order chi connectivity index (χ1) is 16.8. The molecule has 9 atom stereocenters. The molecule has 0 aromatic carbocycles. The van der Waals surface area contributed by atoms with Gasteiger partial charge in [-0.1, -0.05) is 6.92 Å². The van der Waals surface area contributed by atoms with Crippen LogP contribution < -0.4 is 21.3 Å². The van der Waals surface area contributed by atoms with Crippen molar-refractivity contribution in [3.63, 3.8) is 0 Å². The van der Waals surface area contributed by atoms with Gasteiger partial charge in [0, 0.05) is 0 Å². The van der Waals surface area contributed by atoms with Gasteiger partial charge in [0.2, 0.25) is 5.91 Å². The van der Waals surface area contributed by atoms with Gasteiger partial charge < -0.3 is 41.3 Å². The summed E-state index contributed by atoms with van der Waals surface area (Å²) in [5.74, 6) is 0.414. The highest BCUT2D eigenvalue weighted by Crippen LogP contribution is 2.30. The highest BCUT2D eigenvalue weighted by Gasteiger charge is 2.48. The molecule has 2 aliphatic rings. The molecule has 9 unspecified atom stereocenters. The molecule has 35 heavy (non-hydrogen) atoms. The topological polar surface area (TPSA) is 135 Å². The fourth-order valence-electron chi connectivity index (χ4n) is 4.87. The van der Waals surface area contributed by atoms with E-state index in [1.807, 2.05) is 0 Å². The Balaban J connectivity index is 1.80. The molecule has 1 amide bonds. The molecule has 2 aliphatic heterocycles. The van der Waals surface area contributed by atoms with E-state index >= 15 is 0 Å². The van der Waals surface area contributed by atoms with Crippen molar-refractivity contribution in [2.75, 3.05) is 39.0 Å². The molecule has 0 saturated carbocycles. The minimum absolute atomic E-state index is 0.178. The van der Waals surface area contributed by atoms with Crippen molar-refractivity contribution >= 4 is 29.3 Å². The van der Waals surface area contributed by atoms with E-state index < -0.39 is 41.3 Å². The van der Waals surface area contributed by atoms with E-state index in [4.69, 9.17) is 16.3 Å². The number of rotatable bonds is 14. The zero-order valence-electron chi connectivity index (χ0n) is 21.4. The number of aliphatic hydroxyl groups is 3. The number of carbonyl (C=O) groups excluding carboxylic acids is 1. The summed E-state index contributed by atoms with van der Waals surface area (Å²) in [7, 11) is 0. The van der Waals surface area contributed by atoms with E-state index in [0.29, 0.717) is 5.92 Å². The summed E-state index contributed by atoms with van der Waals surface area (Å²) in [5, 5.41) is 43.6. The monoisotopic (exact) mass is 538 g/mol. The highest BCUT2D eigenvalue weighted by atomic mass is 35.5.